The zero-order valence-electron chi connectivity index (χ0n) is 6.69. The van der Waals surface area contributed by atoms with Crippen LogP contribution in [0.3, 0.4) is 0 Å². The van der Waals surface area contributed by atoms with Crippen molar-refractivity contribution in [3.63, 3.8) is 0 Å². The van der Waals surface area contributed by atoms with Crippen molar-refractivity contribution in [2.45, 2.75) is 6.42 Å². The molecule has 0 saturated carbocycles. The molecule has 1 rings (SSSR count). The number of hydrogen-bond donors (Lipinski definition) is 1. The molecule has 12 heavy (non-hydrogen) atoms. The third kappa shape index (κ3) is 3.25. The van der Waals surface area contributed by atoms with Crippen LogP contribution >= 0.6 is 31.9 Å². The summed E-state index contributed by atoms with van der Waals surface area (Å²) in [4.78, 5) is 0. The number of benzene rings is 1. The fraction of sp³-hybridized carbons (Fsp3) is 0.333. The van der Waals surface area contributed by atoms with Crippen molar-refractivity contribution in [3.8, 4) is 0 Å². The smallest absolute Gasteiger partial charge is 0.0517 e. The van der Waals surface area contributed by atoms with Gasteiger partial charge in [0.1, 0.15) is 0 Å². The molecule has 1 nitrogen and oxygen atoms in total. The second-order valence-electron chi connectivity index (χ2n) is 2.48. The monoisotopic (exact) mass is 291 g/mol. The molecule has 0 atom stereocenters. The average molecular weight is 293 g/mol. The first kappa shape index (κ1) is 10.2. The molecule has 0 bridgehead atoms. The Balaban J connectivity index is 2.46. The molecule has 0 amide bonds. The Hall–Kier alpha value is 0.140. The minimum absolute atomic E-state index is 0.859. The lowest BCUT2D eigenvalue weighted by molar-refractivity contribution is 0.777. The first-order chi connectivity index (χ1) is 5.84. The molecule has 66 valence electrons. The molecule has 1 aromatic carbocycles. The van der Waals surface area contributed by atoms with Crippen LogP contribution in [-0.2, 0) is 6.42 Å². The number of nitrogens with one attached hydrogen (secondary N) is 1. The fourth-order valence-electron chi connectivity index (χ4n) is 0.991. The average Bonchev–Trinajstić information content (AvgIpc) is 2.09. The molecule has 0 aliphatic rings. The highest BCUT2D eigenvalue weighted by atomic mass is 79.9. The SMILES string of the molecule is BrCNCCc1ccccc1Br. The van der Waals surface area contributed by atoms with E-state index in [1.54, 1.807) is 0 Å². The molecule has 1 N–H and O–H groups in total. The Kier molecular flexibility index (Phi) is 4.88. The third-order valence-corrected chi connectivity index (χ3v) is 2.79. The molecule has 0 radical (unpaired) electrons. The van der Waals surface area contributed by atoms with Crippen LogP contribution in [0.2, 0.25) is 0 Å². The highest BCUT2D eigenvalue weighted by Gasteiger charge is 1.96. The van der Waals surface area contributed by atoms with Crippen LogP contribution in [0.15, 0.2) is 28.7 Å². The maximum atomic E-state index is 3.51. The van der Waals surface area contributed by atoms with E-state index < -0.39 is 0 Å². The predicted molar refractivity (Wildman–Crippen MR) is 59.6 cm³/mol. The van der Waals surface area contributed by atoms with Crippen molar-refractivity contribution in [3.05, 3.63) is 34.3 Å². The van der Waals surface area contributed by atoms with Gasteiger partial charge in [0.25, 0.3) is 0 Å². The first-order valence-corrected chi connectivity index (χ1v) is 5.76. The summed E-state index contributed by atoms with van der Waals surface area (Å²) in [6, 6.07) is 8.31. The molecule has 1 aromatic rings. The summed E-state index contributed by atoms with van der Waals surface area (Å²) in [6.45, 7) is 1.01. The molecule has 0 fully saturated rings. The van der Waals surface area contributed by atoms with Gasteiger partial charge in [0, 0.05) is 4.47 Å². The summed E-state index contributed by atoms with van der Waals surface area (Å²) in [5.41, 5.74) is 2.21. The second kappa shape index (κ2) is 5.73. The van der Waals surface area contributed by atoms with Gasteiger partial charge in [0.05, 0.1) is 5.45 Å². The normalized spacial score (nSPS) is 10.2. The Morgan fingerprint density at radius 2 is 2.00 bits per heavy atom. The fourth-order valence-corrected chi connectivity index (χ4v) is 1.75. The van der Waals surface area contributed by atoms with E-state index in [-0.39, 0.29) is 0 Å². The Labute approximate surface area is 89.8 Å². The van der Waals surface area contributed by atoms with Gasteiger partial charge in [-0.3, -0.25) is 0 Å². The summed E-state index contributed by atoms with van der Waals surface area (Å²) in [5, 5.41) is 3.22. The van der Waals surface area contributed by atoms with Crippen molar-refractivity contribution >= 4 is 31.9 Å². The molecule has 0 spiro atoms. The molecule has 0 saturated heterocycles. The van der Waals surface area contributed by atoms with E-state index in [2.05, 4.69) is 55.4 Å². The second-order valence-corrected chi connectivity index (χ2v) is 3.89. The summed E-state index contributed by atoms with van der Waals surface area (Å²) in [7, 11) is 0. The third-order valence-electron chi connectivity index (χ3n) is 1.62. The highest BCUT2D eigenvalue weighted by molar-refractivity contribution is 9.10. The predicted octanol–water partition coefficient (Wildman–Crippen LogP) is 2.93. The Morgan fingerprint density at radius 1 is 1.25 bits per heavy atom. The van der Waals surface area contributed by atoms with E-state index in [4.69, 9.17) is 0 Å². The van der Waals surface area contributed by atoms with Crippen molar-refractivity contribution in [2.75, 3.05) is 12.0 Å². The van der Waals surface area contributed by atoms with Gasteiger partial charge in [0.2, 0.25) is 0 Å². The van der Waals surface area contributed by atoms with Gasteiger partial charge in [-0.05, 0) is 24.6 Å². The van der Waals surface area contributed by atoms with Crippen LogP contribution < -0.4 is 5.32 Å². The molecular weight excluding hydrogens is 282 g/mol. The van der Waals surface area contributed by atoms with E-state index >= 15 is 0 Å². The van der Waals surface area contributed by atoms with Crippen LogP contribution in [0.4, 0.5) is 0 Å². The zero-order chi connectivity index (χ0) is 8.81. The minimum atomic E-state index is 0.859. The van der Waals surface area contributed by atoms with Crippen LogP contribution in [0, 0.1) is 0 Å². The van der Waals surface area contributed by atoms with Crippen molar-refractivity contribution < 1.29 is 0 Å². The topological polar surface area (TPSA) is 12.0 Å². The summed E-state index contributed by atoms with van der Waals surface area (Å²) >= 11 is 6.83. The quantitative estimate of drug-likeness (QED) is 0.511. The van der Waals surface area contributed by atoms with Gasteiger partial charge in [-0.15, -0.1) is 0 Å². The molecule has 0 aliphatic heterocycles. The lowest BCUT2D eigenvalue weighted by atomic mass is 10.1. The molecular formula is C9H11Br2N. The summed E-state index contributed by atoms with van der Waals surface area (Å²) in [6.07, 6.45) is 1.06. The summed E-state index contributed by atoms with van der Waals surface area (Å²) < 4.78 is 1.20. The molecule has 0 unspecified atom stereocenters. The summed E-state index contributed by atoms with van der Waals surface area (Å²) in [5.74, 6) is 0. The molecule has 0 aliphatic carbocycles. The van der Waals surface area contributed by atoms with E-state index in [9.17, 15) is 0 Å². The standard InChI is InChI=1S/C9H11Br2N/c10-7-12-6-5-8-3-1-2-4-9(8)11/h1-4,12H,5-7H2. The van der Waals surface area contributed by atoms with Crippen LogP contribution in [0.25, 0.3) is 0 Å². The molecule has 0 heterocycles. The largest absolute Gasteiger partial charge is 0.307 e. The van der Waals surface area contributed by atoms with E-state index in [1.807, 2.05) is 6.07 Å². The van der Waals surface area contributed by atoms with E-state index in [1.165, 1.54) is 10.0 Å². The van der Waals surface area contributed by atoms with Gasteiger partial charge in [0.15, 0.2) is 0 Å². The van der Waals surface area contributed by atoms with Gasteiger partial charge >= 0.3 is 0 Å². The van der Waals surface area contributed by atoms with Crippen LogP contribution in [0.5, 0.6) is 0 Å². The van der Waals surface area contributed by atoms with Gasteiger partial charge in [-0.1, -0.05) is 50.1 Å². The maximum Gasteiger partial charge on any atom is 0.0517 e. The van der Waals surface area contributed by atoms with E-state index in [0.717, 1.165) is 18.4 Å². The van der Waals surface area contributed by atoms with Gasteiger partial charge in [-0.25, -0.2) is 0 Å². The van der Waals surface area contributed by atoms with Crippen molar-refractivity contribution in [2.24, 2.45) is 0 Å². The van der Waals surface area contributed by atoms with Gasteiger partial charge < -0.3 is 5.32 Å². The number of alkyl halides is 1. The minimum Gasteiger partial charge on any atom is -0.307 e. The highest BCUT2D eigenvalue weighted by Crippen LogP contribution is 2.15. The van der Waals surface area contributed by atoms with E-state index in [0.29, 0.717) is 0 Å². The van der Waals surface area contributed by atoms with Crippen molar-refractivity contribution in [1.82, 2.24) is 5.32 Å². The van der Waals surface area contributed by atoms with Crippen LogP contribution in [-0.4, -0.2) is 12.0 Å². The van der Waals surface area contributed by atoms with Crippen molar-refractivity contribution in [1.29, 1.82) is 0 Å². The Morgan fingerprint density at radius 3 is 2.67 bits per heavy atom. The molecule has 3 heteroatoms. The number of halogens is 2. The first-order valence-electron chi connectivity index (χ1n) is 3.84. The van der Waals surface area contributed by atoms with Crippen LogP contribution in [0.1, 0.15) is 5.56 Å². The number of rotatable bonds is 4. The lowest BCUT2D eigenvalue weighted by Crippen LogP contribution is -2.14. The Bertz CT molecular complexity index is 238. The zero-order valence-corrected chi connectivity index (χ0v) is 9.86. The van der Waals surface area contributed by atoms with Gasteiger partial charge in [-0.2, -0.15) is 0 Å². The molecule has 0 aromatic heterocycles. The number of hydrogen-bond acceptors (Lipinski definition) is 1. The lowest BCUT2D eigenvalue weighted by Gasteiger charge is -2.03. The maximum absolute atomic E-state index is 3.51.